The number of nitrogens with zero attached hydrogens (tertiary/aromatic N) is 4. The van der Waals surface area contributed by atoms with E-state index in [2.05, 4.69) is 149 Å². The smallest absolute Gasteiger partial charge is 0.164 e. The summed E-state index contributed by atoms with van der Waals surface area (Å²) in [6.45, 7) is 0. The molecule has 0 N–H and O–H groups in total. The molecule has 0 spiro atoms. The van der Waals surface area contributed by atoms with Crippen molar-refractivity contribution in [2.75, 3.05) is 9.80 Å². The fraction of sp³-hybridized carbons (Fsp3) is 0.0256. The van der Waals surface area contributed by atoms with Crippen LogP contribution in [0.25, 0.3) is 10.9 Å². The quantitative estimate of drug-likeness (QED) is 0.207. The zero-order valence-corrected chi connectivity index (χ0v) is 24.5. The second kappa shape index (κ2) is 9.83. The molecule has 0 saturated carbocycles. The molecule has 2 aliphatic rings. The van der Waals surface area contributed by atoms with Crippen LogP contribution in [0.3, 0.4) is 0 Å². The molecule has 5 heteroatoms. The highest BCUT2D eigenvalue weighted by molar-refractivity contribution is 7.99. The monoisotopic (exact) mass is 582 g/mol. The summed E-state index contributed by atoms with van der Waals surface area (Å²) in [6.07, 6.45) is 1.98. The number of para-hydroxylation sites is 6. The maximum Gasteiger partial charge on any atom is 0.164 e. The van der Waals surface area contributed by atoms with Crippen molar-refractivity contribution in [3.05, 3.63) is 175 Å². The standard InChI is InChI=1S/C39H26N4S/c1-2-15-28(16-3-1)42-32-20-8-5-17-29(32)39(30-18-6-9-21-33(30)42,38-40-26-27-14-4-7-19-31(27)41-38)43-34-22-10-12-24-36(34)44-37-25-13-11-23-35(37)43/h1-26H. The average molecular weight is 583 g/mol. The zero-order valence-electron chi connectivity index (χ0n) is 23.7. The van der Waals surface area contributed by atoms with E-state index in [1.54, 1.807) is 0 Å². The van der Waals surface area contributed by atoms with Crippen LogP contribution < -0.4 is 9.80 Å². The van der Waals surface area contributed by atoms with Crippen molar-refractivity contribution in [3.8, 4) is 0 Å². The minimum Gasteiger partial charge on any atom is -0.318 e. The van der Waals surface area contributed by atoms with Crippen LogP contribution in [0.4, 0.5) is 28.4 Å². The Morgan fingerprint density at radius 2 is 1.02 bits per heavy atom. The molecule has 44 heavy (non-hydrogen) atoms. The Balaban J connectivity index is 1.47. The van der Waals surface area contributed by atoms with Crippen LogP contribution in [0.2, 0.25) is 0 Å². The van der Waals surface area contributed by atoms with Gasteiger partial charge in [-0.25, -0.2) is 9.97 Å². The minimum absolute atomic E-state index is 0.736. The van der Waals surface area contributed by atoms with E-state index in [4.69, 9.17) is 9.97 Å². The summed E-state index contributed by atoms with van der Waals surface area (Å²) in [4.78, 5) is 17.9. The first-order valence-corrected chi connectivity index (χ1v) is 15.6. The fourth-order valence-electron chi connectivity index (χ4n) is 6.87. The van der Waals surface area contributed by atoms with E-state index in [0.717, 1.165) is 56.3 Å². The third kappa shape index (κ3) is 3.53. The number of aromatic nitrogens is 2. The number of hydrogen-bond donors (Lipinski definition) is 0. The Labute approximate surface area is 260 Å². The molecule has 0 unspecified atom stereocenters. The average Bonchev–Trinajstić information content (AvgIpc) is 3.10. The van der Waals surface area contributed by atoms with E-state index in [-0.39, 0.29) is 0 Å². The molecule has 7 aromatic rings. The Kier molecular flexibility index (Phi) is 5.62. The Morgan fingerprint density at radius 3 is 1.68 bits per heavy atom. The van der Waals surface area contributed by atoms with E-state index >= 15 is 0 Å². The van der Waals surface area contributed by atoms with Crippen molar-refractivity contribution in [2.24, 2.45) is 0 Å². The summed E-state index contributed by atoms with van der Waals surface area (Å²) in [5.41, 5.74) is 7.83. The lowest BCUT2D eigenvalue weighted by atomic mass is 9.74. The van der Waals surface area contributed by atoms with Crippen molar-refractivity contribution < 1.29 is 0 Å². The second-order valence-electron chi connectivity index (χ2n) is 11.0. The van der Waals surface area contributed by atoms with Crippen LogP contribution in [0.5, 0.6) is 0 Å². The van der Waals surface area contributed by atoms with E-state index in [1.807, 2.05) is 30.1 Å². The molecule has 3 heterocycles. The molecule has 0 aliphatic carbocycles. The molecule has 4 nitrogen and oxygen atoms in total. The van der Waals surface area contributed by atoms with Gasteiger partial charge in [0.25, 0.3) is 0 Å². The van der Waals surface area contributed by atoms with Gasteiger partial charge in [0.1, 0.15) is 0 Å². The van der Waals surface area contributed by atoms with Crippen molar-refractivity contribution in [1.82, 2.24) is 9.97 Å². The third-order valence-corrected chi connectivity index (χ3v) is 9.79. The highest BCUT2D eigenvalue weighted by Gasteiger charge is 2.53. The van der Waals surface area contributed by atoms with Gasteiger partial charge >= 0.3 is 0 Å². The topological polar surface area (TPSA) is 32.3 Å². The summed E-state index contributed by atoms with van der Waals surface area (Å²) in [6, 6.07) is 53.8. The normalized spacial score (nSPS) is 14.4. The second-order valence-corrected chi connectivity index (χ2v) is 12.1. The Bertz CT molecular complexity index is 2100. The molecule has 208 valence electrons. The third-order valence-electron chi connectivity index (χ3n) is 8.66. The number of hydrogen-bond acceptors (Lipinski definition) is 5. The first kappa shape index (κ1) is 25.1. The number of benzene rings is 6. The van der Waals surface area contributed by atoms with Gasteiger partial charge < -0.3 is 9.80 Å². The lowest BCUT2D eigenvalue weighted by Gasteiger charge is -2.52. The van der Waals surface area contributed by atoms with Gasteiger partial charge in [-0.15, -0.1) is 0 Å². The molecule has 2 aliphatic heterocycles. The van der Waals surface area contributed by atoms with E-state index in [1.165, 1.54) is 9.79 Å². The minimum atomic E-state index is -0.893. The predicted octanol–water partition coefficient (Wildman–Crippen LogP) is 10.0. The predicted molar refractivity (Wildman–Crippen MR) is 180 cm³/mol. The number of anilines is 5. The van der Waals surface area contributed by atoms with Gasteiger partial charge in [0.2, 0.25) is 0 Å². The van der Waals surface area contributed by atoms with Crippen LogP contribution in [0.15, 0.2) is 168 Å². The van der Waals surface area contributed by atoms with E-state index in [0.29, 0.717) is 0 Å². The molecular weight excluding hydrogens is 557 g/mol. The molecular formula is C39H26N4S. The summed E-state index contributed by atoms with van der Waals surface area (Å²) in [5, 5.41) is 1.02. The molecule has 0 fully saturated rings. The highest BCUT2D eigenvalue weighted by Crippen LogP contribution is 2.61. The van der Waals surface area contributed by atoms with Crippen LogP contribution in [-0.2, 0) is 5.54 Å². The largest absolute Gasteiger partial charge is 0.318 e. The first-order chi connectivity index (χ1) is 21.8. The van der Waals surface area contributed by atoms with Crippen LogP contribution in [0.1, 0.15) is 17.0 Å². The summed E-state index contributed by atoms with van der Waals surface area (Å²) in [5.74, 6) is 0.736. The lowest BCUT2D eigenvalue weighted by molar-refractivity contribution is 0.572. The zero-order chi connectivity index (χ0) is 29.1. The maximum absolute atomic E-state index is 5.41. The van der Waals surface area contributed by atoms with Crippen molar-refractivity contribution in [3.63, 3.8) is 0 Å². The Hall–Kier alpha value is -5.39. The van der Waals surface area contributed by atoms with Gasteiger partial charge in [-0.3, -0.25) is 0 Å². The van der Waals surface area contributed by atoms with E-state index < -0.39 is 5.54 Å². The highest BCUT2D eigenvalue weighted by atomic mass is 32.2. The summed E-state index contributed by atoms with van der Waals surface area (Å²) < 4.78 is 0. The molecule has 9 rings (SSSR count). The molecule has 0 radical (unpaired) electrons. The molecule has 0 bridgehead atoms. The fourth-order valence-corrected chi connectivity index (χ4v) is 7.93. The maximum atomic E-state index is 5.41. The van der Waals surface area contributed by atoms with Crippen LogP contribution in [0, 0.1) is 0 Å². The van der Waals surface area contributed by atoms with Gasteiger partial charge in [0, 0.05) is 38.2 Å². The van der Waals surface area contributed by atoms with Gasteiger partial charge in [-0.1, -0.05) is 109 Å². The SMILES string of the molecule is c1ccc(N2c3ccccc3C(c3ncc4ccccc4n3)(N3c4ccccc4Sc4ccccc43)c3ccccc32)cc1. The number of rotatable bonds is 3. The summed E-state index contributed by atoms with van der Waals surface area (Å²) >= 11 is 1.81. The molecule has 0 atom stereocenters. The van der Waals surface area contributed by atoms with Crippen LogP contribution in [-0.4, -0.2) is 9.97 Å². The van der Waals surface area contributed by atoms with Crippen LogP contribution >= 0.6 is 11.8 Å². The molecule has 0 amide bonds. The van der Waals surface area contributed by atoms with Gasteiger partial charge in [-0.2, -0.15) is 0 Å². The van der Waals surface area contributed by atoms with Gasteiger partial charge in [0.05, 0.1) is 28.3 Å². The van der Waals surface area contributed by atoms with E-state index in [9.17, 15) is 0 Å². The first-order valence-electron chi connectivity index (χ1n) is 14.8. The Morgan fingerprint density at radius 1 is 0.500 bits per heavy atom. The van der Waals surface area contributed by atoms with Crippen molar-refractivity contribution in [2.45, 2.75) is 15.3 Å². The molecule has 1 aromatic heterocycles. The molecule has 6 aromatic carbocycles. The number of fused-ring (bicyclic) bond motifs is 5. The molecule has 0 saturated heterocycles. The lowest BCUT2D eigenvalue weighted by Crippen LogP contribution is -2.51. The summed E-state index contributed by atoms with van der Waals surface area (Å²) in [7, 11) is 0. The van der Waals surface area contributed by atoms with Crippen molar-refractivity contribution >= 4 is 51.1 Å². The van der Waals surface area contributed by atoms with Gasteiger partial charge in [-0.05, 0) is 54.6 Å². The van der Waals surface area contributed by atoms with Crippen molar-refractivity contribution in [1.29, 1.82) is 0 Å². The van der Waals surface area contributed by atoms with Gasteiger partial charge in [0.15, 0.2) is 11.4 Å².